The lowest BCUT2D eigenvalue weighted by Crippen LogP contribution is -2.37. The van der Waals surface area contributed by atoms with E-state index in [0.717, 1.165) is 29.9 Å². The summed E-state index contributed by atoms with van der Waals surface area (Å²) in [6.45, 7) is 6.31. The van der Waals surface area contributed by atoms with Gasteiger partial charge in [0, 0.05) is 29.0 Å². The molecular formula is C25H31N3O4S. The third kappa shape index (κ3) is 4.40. The molecule has 0 fully saturated rings. The van der Waals surface area contributed by atoms with Gasteiger partial charge in [0.1, 0.15) is 5.82 Å². The lowest BCUT2D eigenvalue weighted by atomic mass is 9.69. The molecule has 0 bridgehead atoms. The first-order chi connectivity index (χ1) is 15.8. The number of fused-ring (bicyclic) bond motifs is 1. The zero-order chi connectivity index (χ0) is 23.8. The fraction of sp³-hybridized carbons (Fsp3) is 0.480. The fourth-order valence-electron chi connectivity index (χ4n) is 4.73. The zero-order valence-electron chi connectivity index (χ0n) is 19.8. The molecule has 1 aromatic heterocycles. The first-order valence-electron chi connectivity index (χ1n) is 11.3. The molecule has 1 unspecified atom stereocenters. The van der Waals surface area contributed by atoms with E-state index in [1.165, 1.54) is 11.8 Å². The van der Waals surface area contributed by atoms with Crippen LogP contribution in [0.5, 0.6) is 11.5 Å². The summed E-state index contributed by atoms with van der Waals surface area (Å²) in [5.41, 5.74) is 2.19. The third-order valence-electron chi connectivity index (χ3n) is 6.18. The number of para-hydroxylation sites is 1. The highest BCUT2D eigenvalue weighted by Gasteiger charge is 2.43. The molecule has 1 atom stereocenters. The van der Waals surface area contributed by atoms with E-state index in [-0.39, 0.29) is 16.8 Å². The lowest BCUT2D eigenvalue weighted by molar-refractivity contribution is -0.118. The summed E-state index contributed by atoms with van der Waals surface area (Å²) in [6, 6.07) is 5.55. The van der Waals surface area contributed by atoms with Gasteiger partial charge in [-0.1, -0.05) is 51.1 Å². The van der Waals surface area contributed by atoms with Crippen molar-refractivity contribution in [1.82, 2.24) is 9.97 Å². The van der Waals surface area contributed by atoms with Gasteiger partial charge in [-0.2, -0.15) is 0 Å². The minimum atomic E-state index is -0.587. The number of nitrogens with one attached hydrogen (secondary N) is 2. The van der Waals surface area contributed by atoms with Crippen LogP contribution in [0.3, 0.4) is 0 Å². The van der Waals surface area contributed by atoms with Crippen LogP contribution >= 0.6 is 11.8 Å². The number of allylic oxidation sites excluding steroid dienone is 2. The van der Waals surface area contributed by atoms with E-state index in [1.807, 2.05) is 12.1 Å². The van der Waals surface area contributed by atoms with Crippen molar-refractivity contribution in [3.8, 4) is 11.5 Å². The number of Topliss-reactive ketones (excluding diaryl/α,β-unsaturated/α-hetero) is 1. The normalized spacial score (nSPS) is 18.9. The molecule has 2 aliphatic rings. The number of aromatic amines is 1. The van der Waals surface area contributed by atoms with Crippen LogP contribution in [0, 0.1) is 5.41 Å². The molecule has 33 heavy (non-hydrogen) atoms. The van der Waals surface area contributed by atoms with Crippen LogP contribution < -0.4 is 20.3 Å². The Kier molecular flexibility index (Phi) is 6.56. The predicted molar refractivity (Wildman–Crippen MR) is 131 cm³/mol. The smallest absolute Gasteiger partial charge is 0.257 e. The Morgan fingerprint density at radius 1 is 1.18 bits per heavy atom. The van der Waals surface area contributed by atoms with E-state index in [2.05, 4.69) is 31.1 Å². The van der Waals surface area contributed by atoms with E-state index in [0.29, 0.717) is 46.5 Å². The number of anilines is 1. The molecule has 2 heterocycles. The molecule has 0 amide bonds. The molecule has 2 N–H and O–H groups in total. The molecule has 0 saturated carbocycles. The minimum absolute atomic E-state index is 0.0371. The summed E-state index contributed by atoms with van der Waals surface area (Å²) >= 11 is 1.54. The topological polar surface area (TPSA) is 93.3 Å². The number of unbranched alkanes of at least 4 members (excludes halogenated alkanes) is 1. The van der Waals surface area contributed by atoms with Gasteiger partial charge in [-0.05, 0) is 24.3 Å². The Morgan fingerprint density at radius 2 is 1.97 bits per heavy atom. The molecule has 0 radical (unpaired) electrons. The van der Waals surface area contributed by atoms with E-state index in [1.54, 1.807) is 20.3 Å². The molecule has 0 saturated heterocycles. The van der Waals surface area contributed by atoms with E-state index < -0.39 is 5.92 Å². The van der Waals surface area contributed by atoms with Crippen molar-refractivity contribution in [2.75, 3.05) is 25.3 Å². The van der Waals surface area contributed by atoms with Gasteiger partial charge in [0.05, 0.1) is 25.7 Å². The first-order valence-corrected chi connectivity index (χ1v) is 12.3. The average molecular weight is 470 g/mol. The Balaban J connectivity index is 1.93. The highest BCUT2D eigenvalue weighted by atomic mass is 32.2. The van der Waals surface area contributed by atoms with Gasteiger partial charge in [-0.25, -0.2) is 4.98 Å². The summed E-state index contributed by atoms with van der Waals surface area (Å²) in [6.07, 6.45) is 3.23. The van der Waals surface area contributed by atoms with Gasteiger partial charge in [-0.3, -0.25) is 9.59 Å². The van der Waals surface area contributed by atoms with Crippen LogP contribution in [0.2, 0.25) is 0 Å². The summed E-state index contributed by atoms with van der Waals surface area (Å²) in [5.74, 6) is 1.91. The maximum absolute atomic E-state index is 13.4. The first kappa shape index (κ1) is 23.4. The molecule has 1 aromatic carbocycles. The van der Waals surface area contributed by atoms with Gasteiger partial charge in [0.2, 0.25) is 0 Å². The zero-order valence-corrected chi connectivity index (χ0v) is 20.6. The predicted octanol–water partition coefficient (Wildman–Crippen LogP) is 4.88. The Morgan fingerprint density at radius 3 is 2.67 bits per heavy atom. The summed E-state index contributed by atoms with van der Waals surface area (Å²) in [4.78, 5) is 34.5. The maximum Gasteiger partial charge on any atom is 0.257 e. The molecular weight excluding hydrogens is 438 g/mol. The quantitative estimate of drug-likeness (QED) is 0.339. The number of benzene rings is 1. The number of ketones is 1. The summed E-state index contributed by atoms with van der Waals surface area (Å²) in [7, 11) is 3.14. The number of ether oxygens (including phenoxy) is 2. The van der Waals surface area contributed by atoms with Crippen molar-refractivity contribution in [1.29, 1.82) is 0 Å². The number of H-pyrrole nitrogens is 1. The van der Waals surface area contributed by atoms with Crippen molar-refractivity contribution in [2.45, 2.75) is 57.5 Å². The van der Waals surface area contributed by atoms with Gasteiger partial charge in [0.25, 0.3) is 5.56 Å². The standard InChI is InChI=1S/C25H31N3O4S/c1-6-7-11-33-24-27-22-20(23(30)28-24)18(14-9-8-10-17(31-4)21(14)32-5)19-15(26-22)12-25(2,3)13-16(19)29/h8-10,18H,6-7,11-13H2,1-5H3,(H2,26,27,28,30). The number of aromatic nitrogens is 2. The lowest BCUT2D eigenvalue weighted by Gasteiger charge is -2.38. The molecule has 1 aliphatic carbocycles. The number of carbonyl (C=O) groups is 1. The summed E-state index contributed by atoms with van der Waals surface area (Å²) in [5, 5.41) is 3.95. The van der Waals surface area contributed by atoms with Crippen molar-refractivity contribution >= 4 is 23.4 Å². The second-order valence-electron chi connectivity index (χ2n) is 9.31. The number of hydrogen-bond donors (Lipinski definition) is 2. The Hall–Kier alpha value is -2.74. The summed E-state index contributed by atoms with van der Waals surface area (Å²) < 4.78 is 11.2. The van der Waals surface area contributed by atoms with Crippen molar-refractivity contribution in [2.24, 2.45) is 5.41 Å². The highest BCUT2D eigenvalue weighted by Crippen LogP contribution is 2.50. The van der Waals surface area contributed by atoms with Crippen LogP contribution in [-0.4, -0.2) is 35.7 Å². The van der Waals surface area contributed by atoms with Gasteiger partial charge in [-0.15, -0.1) is 0 Å². The molecule has 4 rings (SSSR count). The second-order valence-corrected chi connectivity index (χ2v) is 10.4. The van der Waals surface area contributed by atoms with Crippen LogP contribution in [0.15, 0.2) is 39.4 Å². The average Bonchev–Trinajstić information content (AvgIpc) is 2.76. The molecule has 0 spiro atoms. The molecule has 176 valence electrons. The number of thioether (sulfide) groups is 1. The van der Waals surface area contributed by atoms with Crippen LogP contribution in [0.4, 0.5) is 5.82 Å². The number of carbonyl (C=O) groups excluding carboxylic acids is 1. The monoisotopic (exact) mass is 469 g/mol. The number of hydrogen-bond acceptors (Lipinski definition) is 7. The van der Waals surface area contributed by atoms with E-state index >= 15 is 0 Å². The maximum atomic E-state index is 13.4. The van der Waals surface area contributed by atoms with Crippen LogP contribution in [-0.2, 0) is 4.79 Å². The molecule has 1 aliphatic heterocycles. The number of methoxy groups -OCH3 is 2. The Labute approximate surface area is 198 Å². The van der Waals surface area contributed by atoms with Crippen LogP contribution in [0.1, 0.15) is 63.5 Å². The van der Waals surface area contributed by atoms with Gasteiger partial charge in [0.15, 0.2) is 22.4 Å². The van der Waals surface area contributed by atoms with Crippen molar-refractivity contribution in [3.63, 3.8) is 0 Å². The number of rotatable bonds is 7. The molecule has 7 nitrogen and oxygen atoms in total. The van der Waals surface area contributed by atoms with E-state index in [9.17, 15) is 9.59 Å². The second kappa shape index (κ2) is 9.25. The number of nitrogens with zero attached hydrogens (tertiary/aromatic N) is 1. The van der Waals surface area contributed by atoms with Gasteiger partial charge < -0.3 is 19.8 Å². The molecule has 8 heteroatoms. The van der Waals surface area contributed by atoms with Crippen molar-refractivity contribution in [3.05, 3.63) is 50.9 Å². The third-order valence-corrected chi connectivity index (χ3v) is 7.14. The van der Waals surface area contributed by atoms with Gasteiger partial charge >= 0.3 is 0 Å². The van der Waals surface area contributed by atoms with E-state index in [4.69, 9.17) is 14.5 Å². The molecule has 2 aromatic rings. The highest BCUT2D eigenvalue weighted by molar-refractivity contribution is 7.99. The van der Waals surface area contributed by atoms with Crippen LogP contribution in [0.25, 0.3) is 0 Å². The fourth-order valence-corrected chi connectivity index (χ4v) is 5.67. The van der Waals surface area contributed by atoms with Crippen molar-refractivity contribution < 1.29 is 14.3 Å². The largest absolute Gasteiger partial charge is 0.493 e. The SMILES string of the molecule is CCCCSc1nc2c(c(=O)[nH]1)C(c1cccc(OC)c1OC)C1=C(CC(C)(C)CC1=O)N2. The minimum Gasteiger partial charge on any atom is -0.493 e. The Bertz CT molecular complexity index is 1170.